The Morgan fingerprint density at radius 2 is 1.86 bits per heavy atom. The lowest BCUT2D eigenvalue weighted by atomic mass is 10.1. The molecule has 0 saturated carbocycles. The van der Waals surface area contributed by atoms with Crippen molar-refractivity contribution in [2.45, 2.75) is 26.8 Å². The number of nitrogens with zero attached hydrogens (tertiary/aromatic N) is 1. The van der Waals surface area contributed by atoms with Crippen molar-refractivity contribution in [3.05, 3.63) is 52.3 Å². The van der Waals surface area contributed by atoms with Gasteiger partial charge in [0.25, 0.3) is 5.91 Å². The van der Waals surface area contributed by atoms with Gasteiger partial charge in [-0.05, 0) is 61.0 Å². The van der Waals surface area contributed by atoms with Crippen molar-refractivity contribution in [2.24, 2.45) is 0 Å². The third-order valence-electron chi connectivity index (χ3n) is 2.92. The van der Waals surface area contributed by atoms with Gasteiger partial charge < -0.3 is 10.6 Å². The van der Waals surface area contributed by atoms with Crippen LogP contribution in [-0.4, -0.2) is 16.9 Å². The summed E-state index contributed by atoms with van der Waals surface area (Å²) in [5.74, 6) is -0.147. The predicted molar refractivity (Wildman–Crippen MR) is 89.8 cm³/mol. The van der Waals surface area contributed by atoms with Crippen LogP contribution in [0.2, 0.25) is 0 Å². The monoisotopic (exact) mass is 347 g/mol. The van der Waals surface area contributed by atoms with Crippen LogP contribution >= 0.6 is 15.9 Å². The second-order valence-corrected chi connectivity index (χ2v) is 5.88. The zero-order valence-electron chi connectivity index (χ0n) is 12.3. The molecule has 1 aromatic heterocycles. The summed E-state index contributed by atoms with van der Waals surface area (Å²) in [7, 11) is 0. The molecule has 0 radical (unpaired) electrons. The maximum Gasteiger partial charge on any atom is 0.257 e. The first-order valence-electron chi connectivity index (χ1n) is 6.77. The number of carbonyl (C=O) groups excluding carboxylic acids is 1. The highest BCUT2D eigenvalue weighted by Gasteiger charge is 2.13. The van der Waals surface area contributed by atoms with Crippen LogP contribution in [0.25, 0.3) is 0 Å². The second kappa shape index (κ2) is 6.72. The van der Waals surface area contributed by atoms with Gasteiger partial charge >= 0.3 is 0 Å². The van der Waals surface area contributed by atoms with Crippen LogP contribution < -0.4 is 10.6 Å². The van der Waals surface area contributed by atoms with Crippen molar-refractivity contribution in [2.75, 3.05) is 10.6 Å². The number of halogens is 1. The molecule has 0 aliphatic rings. The minimum atomic E-state index is -0.147. The summed E-state index contributed by atoms with van der Waals surface area (Å²) >= 11 is 3.31. The molecule has 5 heteroatoms. The van der Waals surface area contributed by atoms with E-state index in [4.69, 9.17) is 0 Å². The predicted octanol–water partition coefficient (Wildman–Crippen LogP) is 4.23. The van der Waals surface area contributed by atoms with E-state index in [-0.39, 0.29) is 11.9 Å². The molecule has 110 valence electrons. The van der Waals surface area contributed by atoms with Gasteiger partial charge in [-0.2, -0.15) is 0 Å². The Balaban J connectivity index is 2.24. The molecule has 2 rings (SSSR count). The van der Waals surface area contributed by atoms with Crippen LogP contribution in [0.5, 0.6) is 0 Å². The third-order valence-corrected chi connectivity index (χ3v) is 3.36. The SMILES string of the molecule is Cc1nc(Br)ccc1NC(=O)c1ccccc1NC(C)C. The van der Waals surface area contributed by atoms with Gasteiger partial charge in [-0.25, -0.2) is 4.98 Å². The van der Waals surface area contributed by atoms with Crippen LogP contribution in [-0.2, 0) is 0 Å². The molecule has 0 aliphatic heterocycles. The van der Waals surface area contributed by atoms with E-state index < -0.39 is 0 Å². The number of anilines is 2. The van der Waals surface area contributed by atoms with Crippen LogP contribution in [0.1, 0.15) is 29.9 Å². The van der Waals surface area contributed by atoms with E-state index in [1.54, 1.807) is 6.07 Å². The number of aryl methyl sites for hydroxylation is 1. The molecule has 2 aromatic rings. The fourth-order valence-corrected chi connectivity index (χ4v) is 2.37. The van der Waals surface area contributed by atoms with Gasteiger partial charge in [-0.15, -0.1) is 0 Å². The van der Waals surface area contributed by atoms with E-state index >= 15 is 0 Å². The number of benzene rings is 1. The van der Waals surface area contributed by atoms with Crippen molar-refractivity contribution in [3.8, 4) is 0 Å². The van der Waals surface area contributed by atoms with Gasteiger partial charge in [-0.1, -0.05) is 12.1 Å². The molecule has 0 saturated heterocycles. The number of aromatic nitrogens is 1. The van der Waals surface area contributed by atoms with Crippen molar-refractivity contribution in [3.63, 3.8) is 0 Å². The fraction of sp³-hybridized carbons (Fsp3) is 0.250. The second-order valence-electron chi connectivity index (χ2n) is 5.07. The summed E-state index contributed by atoms with van der Waals surface area (Å²) in [4.78, 5) is 16.7. The quantitative estimate of drug-likeness (QED) is 0.814. The molecular weight excluding hydrogens is 330 g/mol. The Morgan fingerprint density at radius 1 is 1.14 bits per heavy atom. The van der Waals surface area contributed by atoms with Crippen LogP contribution in [0.3, 0.4) is 0 Å². The first kappa shape index (κ1) is 15.5. The molecule has 2 N–H and O–H groups in total. The average Bonchev–Trinajstić information content (AvgIpc) is 2.42. The molecule has 0 atom stereocenters. The molecule has 21 heavy (non-hydrogen) atoms. The number of amides is 1. The van der Waals surface area contributed by atoms with Crippen LogP contribution in [0, 0.1) is 6.92 Å². The number of carbonyl (C=O) groups is 1. The Labute approximate surface area is 133 Å². The van der Waals surface area contributed by atoms with Gasteiger partial charge in [0.1, 0.15) is 4.60 Å². The highest BCUT2D eigenvalue weighted by Crippen LogP contribution is 2.20. The number of hydrogen-bond donors (Lipinski definition) is 2. The molecule has 0 bridgehead atoms. The first-order chi connectivity index (χ1) is 9.97. The van der Waals surface area contributed by atoms with E-state index in [0.717, 1.165) is 16.0 Å². The molecule has 1 heterocycles. The van der Waals surface area contributed by atoms with Crippen molar-refractivity contribution in [1.29, 1.82) is 0 Å². The maximum atomic E-state index is 12.5. The normalized spacial score (nSPS) is 10.5. The Kier molecular flexibility index (Phi) is 4.96. The highest BCUT2D eigenvalue weighted by atomic mass is 79.9. The van der Waals surface area contributed by atoms with E-state index in [2.05, 4.69) is 31.5 Å². The van der Waals surface area contributed by atoms with Gasteiger partial charge in [0.15, 0.2) is 0 Å². The summed E-state index contributed by atoms with van der Waals surface area (Å²) < 4.78 is 0.750. The molecule has 1 amide bonds. The van der Waals surface area contributed by atoms with Gasteiger partial charge in [-0.3, -0.25) is 4.79 Å². The van der Waals surface area contributed by atoms with E-state index in [1.165, 1.54) is 0 Å². The maximum absolute atomic E-state index is 12.5. The molecular formula is C16H18BrN3O. The fourth-order valence-electron chi connectivity index (χ4n) is 1.97. The lowest BCUT2D eigenvalue weighted by molar-refractivity contribution is 0.102. The van der Waals surface area contributed by atoms with Crippen molar-refractivity contribution < 1.29 is 4.79 Å². The summed E-state index contributed by atoms with van der Waals surface area (Å²) in [5.41, 5.74) is 2.93. The molecule has 0 unspecified atom stereocenters. The standard InChI is InChI=1S/C16H18BrN3O/c1-10(2)18-14-7-5-4-6-12(14)16(21)20-13-8-9-15(17)19-11(13)3/h4-10,18H,1-3H3,(H,20,21). The Morgan fingerprint density at radius 3 is 2.52 bits per heavy atom. The summed E-state index contributed by atoms with van der Waals surface area (Å²) in [6, 6.07) is 11.4. The number of nitrogens with one attached hydrogen (secondary N) is 2. The lowest BCUT2D eigenvalue weighted by Gasteiger charge is -2.15. The molecule has 0 fully saturated rings. The zero-order chi connectivity index (χ0) is 15.4. The van der Waals surface area contributed by atoms with Gasteiger partial charge in [0.05, 0.1) is 16.9 Å². The molecule has 4 nitrogen and oxygen atoms in total. The largest absolute Gasteiger partial charge is 0.382 e. The molecule has 0 spiro atoms. The molecule has 1 aromatic carbocycles. The van der Waals surface area contributed by atoms with Gasteiger partial charge in [0, 0.05) is 11.7 Å². The topological polar surface area (TPSA) is 54.0 Å². The Bertz CT molecular complexity index is 656. The minimum absolute atomic E-state index is 0.147. The van der Waals surface area contributed by atoms with Crippen molar-refractivity contribution >= 4 is 33.2 Å². The highest BCUT2D eigenvalue weighted by molar-refractivity contribution is 9.10. The van der Waals surface area contributed by atoms with Crippen molar-refractivity contribution in [1.82, 2.24) is 4.98 Å². The van der Waals surface area contributed by atoms with E-state index in [0.29, 0.717) is 11.3 Å². The number of rotatable bonds is 4. The summed E-state index contributed by atoms with van der Waals surface area (Å²) in [6.07, 6.45) is 0. The van der Waals surface area contributed by atoms with Crippen LogP contribution in [0.15, 0.2) is 41.0 Å². The van der Waals surface area contributed by atoms with E-state index in [9.17, 15) is 4.79 Å². The first-order valence-corrected chi connectivity index (χ1v) is 7.56. The number of para-hydroxylation sites is 1. The van der Waals surface area contributed by atoms with Crippen LogP contribution in [0.4, 0.5) is 11.4 Å². The zero-order valence-corrected chi connectivity index (χ0v) is 13.9. The summed E-state index contributed by atoms with van der Waals surface area (Å²) in [6.45, 7) is 5.94. The smallest absolute Gasteiger partial charge is 0.257 e. The number of pyridine rings is 1. The average molecular weight is 348 g/mol. The molecule has 0 aliphatic carbocycles. The third kappa shape index (κ3) is 4.04. The lowest BCUT2D eigenvalue weighted by Crippen LogP contribution is -2.18. The minimum Gasteiger partial charge on any atom is -0.382 e. The van der Waals surface area contributed by atoms with Gasteiger partial charge in [0.2, 0.25) is 0 Å². The van der Waals surface area contributed by atoms with E-state index in [1.807, 2.05) is 51.1 Å². The summed E-state index contributed by atoms with van der Waals surface area (Å²) in [5, 5.41) is 6.18. The number of hydrogen-bond acceptors (Lipinski definition) is 3. The Hall–Kier alpha value is -1.88.